The quantitative estimate of drug-likeness (QED) is 0.835. The van der Waals surface area contributed by atoms with Crippen molar-refractivity contribution in [2.75, 3.05) is 24.5 Å². The summed E-state index contributed by atoms with van der Waals surface area (Å²) in [5.74, 6) is 1.32. The van der Waals surface area contributed by atoms with Crippen LogP contribution in [0.1, 0.15) is 56.1 Å². The maximum Gasteiger partial charge on any atom is 0.139 e. The summed E-state index contributed by atoms with van der Waals surface area (Å²) in [6.07, 6.45) is 10.4. The number of nitrogens with one attached hydrogen (secondary N) is 1. The molecule has 2 saturated heterocycles. The Morgan fingerprint density at radius 1 is 1.09 bits per heavy atom. The van der Waals surface area contributed by atoms with Crippen LogP contribution in [-0.2, 0) is 11.8 Å². The van der Waals surface area contributed by atoms with Gasteiger partial charge in [-0.2, -0.15) is 0 Å². The number of phenols is 1. The summed E-state index contributed by atoms with van der Waals surface area (Å²) in [5, 5.41) is 14.6. The Bertz CT molecular complexity index is 618. The molecule has 3 nitrogen and oxygen atoms in total. The molecule has 3 fully saturated rings. The number of anilines is 1. The lowest BCUT2D eigenvalue weighted by molar-refractivity contribution is 0.0796. The highest BCUT2D eigenvalue weighted by atomic mass is 16.3. The predicted molar refractivity (Wildman–Crippen MR) is 93.3 cm³/mol. The molecule has 4 aliphatic rings. The molecule has 1 saturated carbocycles. The van der Waals surface area contributed by atoms with Gasteiger partial charge in [0.2, 0.25) is 0 Å². The minimum atomic E-state index is 0.350. The van der Waals surface area contributed by atoms with Crippen LogP contribution in [0.15, 0.2) is 12.1 Å². The van der Waals surface area contributed by atoms with Crippen molar-refractivity contribution >= 4 is 5.69 Å². The summed E-state index contributed by atoms with van der Waals surface area (Å²) < 4.78 is 0. The fraction of sp³-hybridized carbons (Fsp3) is 0.700. The Labute approximate surface area is 139 Å². The van der Waals surface area contributed by atoms with Crippen molar-refractivity contribution in [1.82, 2.24) is 5.32 Å². The molecule has 2 bridgehead atoms. The lowest BCUT2D eigenvalue weighted by Gasteiger charge is -2.56. The molecule has 2 aliphatic carbocycles. The largest absolute Gasteiger partial charge is 0.506 e. The van der Waals surface area contributed by atoms with Gasteiger partial charge in [-0.25, -0.2) is 0 Å². The third-order valence-electron chi connectivity index (χ3n) is 7.18. The Morgan fingerprint density at radius 2 is 1.96 bits per heavy atom. The zero-order valence-corrected chi connectivity index (χ0v) is 14.0. The monoisotopic (exact) mass is 312 g/mol. The number of piperidine rings is 1. The molecule has 3 atom stereocenters. The number of aromatic hydroxyl groups is 1. The number of phenolic OH excluding ortho intramolecular Hbond substituents is 1. The first-order valence-corrected chi connectivity index (χ1v) is 9.63. The molecule has 124 valence electrons. The van der Waals surface area contributed by atoms with E-state index in [1.54, 1.807) is 0 Å². The van der Waals surface area contributed by atoms with Gasteiger partial charge in [-0.05, 0) is 74.2 Å². The summed E-state index contributed by atoms with van der Waals surface area (Å²) in [7, 11) is 0. The highest BCUT2D eigenvalue weighted by Crippen LogP contribution is 2.55. The van der Waals surface area contributed by atoms with Crippen LogP contribution in [-0.4, -0.2) is 30.8 Å². The fourth-order valence-electron chi connectivity index (χ4n) is 6.17. The molecule has 2 N–H and O–H groups in total. The first-order chi connectivity index (χ1) is 11.3. The second kappa shape index (κ2) is 5.14. The zero-order chi connectivity index (χ0) is 15.4. The summed E-state index contributed by atoms with van der Waals surface area (Å²) in [6.45, 7) is 3.35. The fourth-order valence-corrected chi connectivity index (χ4v) is 6.17. The van der Waals surface area contributed by atoms with Crippen molar-refractivity contribution < 1.29 is 5.11 Å². The highest BCUT2D eigenvalue weighted by Gasteiger charge is 2.51. The van der Waals surface area contributed by atoms with Gasteiger partial charge >= 0.3 is 0 Å². The number of nitrogens with zero attached hydrogens (tertiary/aromatic N) is 1. The Hall–Kier alpha value is -1.22. The number of benzene rings is 1. The average Bonchev–Trinajstić information content (AvgIpc) is 3.09. The maximum absolute atomic E-state index is 10.8. The smallest absolute Gasteiger partial charge is 0.139 e. The summed E-state index contributed by atoms with van der Waals surface area (Å²) in [4.78, 5) is 2.38. The van der Waals surface area contributed by atoms with Crippen LogP contribution in [0.25, 0.3) is 0 Å². The molecule has 1 aromatic carbocycles. The maximum atomic E-state index is 10.8. The number of fused-ring (bicyclic) bond motifs is 1. The van der Waals surface area contributed by atoms with Gasteiger partial charge in [0, 0.05) is 24.5 Å². The Morgan fingerprint density at radius 3 is 2.83 bits per heavy atom. The average molecular weight is 312 g/mol. The Kier molecular flexibility index (Phi) is 3.16. The van der Waals surface area contributed by atoms with Crippen LogP contribution in [0.5, 0.6) is 5.75 Å². The van der Waals surface area contributed by atoms with Crippen LogP contribution in [0.2, 0.25) is 0 Å². The molecular weight excluding hydrogens is 284 g/mol. The van der Waals surface area contributed by atoms with E-state index < -0.39 is 0 Å². The van der Waals surface area contributed by atoms with E-state index in [9.17, 15) is 5.11 Å². The van der Waals surface area contributed by atoms with Gasteiger partial charge in [0.25, 0.3) is 0 Å². The molecule has 0 aromatic heterocycles. The second-order valence-corrected chi connectivity index (χ2v) is 8.22. The lowest BCUT2D eigenvalue weighted by atomic mass is 9.53. The second-order valence-electron chi connectivity index (χ2n) is 8.22. The van der Waals surface area contributed by atoms with Gasteiger partial charge in [0.1, 0.15) is 5.75 Å². The van der Waals surface area contributed by atoms with E-state index in [2.05, 4.69) is 22.3 Å². The molecule has 0 amide bonds. The molecule has 0 spiro atoms. The summed E-state index contributed by atoms with van der Waals surface area (Å²) in [5.41, 5.74) is 4.45. The van der Waals surface area contributed by atoms with Crippen LogP contribution in [0, 0.1) is 5.92 Å². The molecule has 23 heavy (non-hydrogen) atoms. The van der Waals surface area contributed by atoms with Crippen molar-refractivity contribution in [1.29, 1.82) is 0 Å². The molecule has 0 unspecified atom stereocenters. The van der Waals surface area contributed by atoms with Crippen molar-refractivity contribution in [3.63, 3.8) is 0 Å². The van der Waals surface area contributed by atoms with E-state index in [-0.39, 0.29) is 0 Å². The SMILES string of the molecule is Oc1cc2c(cc1N1CCCC1)C[C@@H]1NCC[C@]23CCCC[C@H]13. The summed E-state index contributed by atoms with van der Waals surface area (Å²) in [6, 6.07) is 5.17. The standard InChI is InChI=1S/C20H28N2O/c23-19-13-16-14(12-18(19)22-9-3-4-10-22)11-17-15-5-1-2-6-20(15,16)7-8-21-17/h12-13,15,17,21,23H,1-11H2/t15-,17+,20+/m1/s1. The van der Waals surface area contributed by atoms with E-state index >= 15 is 0 Å². The molecule has 5 rings (SSSR count). The van der Waals surface area contributed by atoms with E-state index in [0.717, 1.165) is 37.7 Å². The number of hydrogen-bond acceptors (Lipinski definition) is 3. The molecule has 2 heterocycles. The highest BCUT2D eigenvalue weighted by molar-refractivity contribution is 5.64. The minimum Gasteiger partial charge on any atom is -0.506 e. The molecule has 1 aromatic rings. The lowest BCUT2D eigenvalue weighted by Crippen LogP contribution is -2.59. The first kappa shape index (κ1) is 14.2. The topological polar surface area (TPSA) is 35.5 Å². The van der Waals surface area contributed by atoms with Crippen LogP contribution in [0.3, 0.4) is 0 Å². The van der Waals surface area contributed by atoms with Gasteiger partial charge in [-0.1, -0.05) is 12.8 Å². The Balaban J connectivity index is 1.63. The van der Waals surface area contributed by atoms with Gasteiger partial charge in [-0.3, -0.25) is 0 Å². The molecular formula is C20H28N2O. The third-order valence-corrected chi connectivity index (χ3v) is 7.18. The minimum absolute atomic E-state index is 0.350. The van der Waals surface area contributed by atoms with Crippen LogP contribution < -0.4 is 10.2 Å². The number of rotatable bonds is 1. The molecule has 2 aliphatic heterocycles. The number of hydrogen-bond donors (Lipinski definition) is 2. The van der Waals surface area contributed by atoms with E-state index in [4.69, 9.17) is 0 Å². The van der Waals surface area contributed by atoms with E-state index in [1.807, 2.05) is 0 Å². The molecule has 0 radical (unpaired) electrons. The van der Waals surface area contributed by atoms with Gasteiger partial charge in [0.05, 0.1) is 5.69 Å². The van der Waals surface area contributed by atoms with E-state index in [0.29, 0.717) is 17.2 Å². The van der Waals surface area contributed by atoms with Crippen molar-refractivity contribution in [3.05, 3.63) is 23.3 Å². The zero-order valence-electron chi connectivity index (χ0n) is 14.0. The first-order valence-electron chi connectivity index (χ1n) is 9.63. The summed E-state index contributed by atoms with van der Waals surface area (Å²) >= 11 is 0. The predicted octanol–water partition coefficient (Wildman–Crippen LogP) is 3.34. The van der Waals surface area contributed by atoms with E-state index in [1.165, 1.54) is 56.1 Å². The van der Waals surface area contributed by atoms with Crippen molar-refractivity contribution in [2.45, 2.75) is 62.8 Å². The molecule has 3 heteroatoms. The van der Waals surface area contributed by atoms with Crippen LogP contribution >= 0.6 is 0 Å². The van der Waals surface area contributed by atoms with Gasteiger partial charge in [0.15, 0.2) is 0 Å². The normalized spacial score (nSPS) is 35.7. The van der Waals surface area contributed by atoms with Gasteiger partial charge < -0.3 is 15.3 Å². The van der Waals surface area contributed by atoms with Crippen molar-refractivity contribution in [3.8, 4) is 5.75 Å². The van der Waals surface area contributed by atoms with Crippen molar-refractivity contribution in [2.24, 2.45) is 5.92 Å². The van der Waals surface area contributed by atoms with Gasteiger partial charge in [-0.15, -0.1) is 0 Å². The van der Waals surface area contributed by atoms with Crippen LogP contribution in [0.4, 0.5) is 5.69 Å². The third kappa shape index (κ3) is 1.98.